The summed E-state index contributed by atoms with van der Waals surface area (Å²) in [6.07, 6.45) is 0.959. The summed E-state index contributed by atoms with van der Waals surface area (Å²) in [5, 5.41) is 2.92. The van der Waals surface area contributed by atoms with Crippen molar-refractivity contribution in [3.8, 4) is 0 Å². The Labute approximate surface area is 124 Å². The first-order valence-electron chi connectivity index (χ1n) is 5.38. The Morgan fingerprint density at radius 3 is 2.82 bits per heavy atom. The summed E-state index contributed by atoms with van der Waals surface area (Å²) in [7, 11) is 4.05. The fraction of sp³-hybridized carbons (Fsp3) is 0.417. The van der Waals surface area contributed by atoms with Crippen LogP contribution in [0.4, 0.5) is 0 Å². The maximum atomic E-state index is 11.9. The van der Waals surface area contributed by atoms with Crippen molar-refractivity contribution < 1.29 is 4.79 Å². The normalized spacial score (nSPS) is 10.6. The van der Waals surface area contributed by atoms with Crippen LogP contribution in [0.2, 0.25) is 0 Å². The number of halogens is 2. The van der Waals surface area contributed by atoms with Gasteiger partial charge in [0.15, 0.2) is 0 Å². The quantitative estimate of drug-likeness (QED) is 0.597. The molecule has 1 aromatic carbocycles. The summed E-state index contributed by atoms with van der Waals surface area (Å²) in [5.74, 6) is -0.0193. The number of nitrogens with one attached hydrogen (secondary N) is 1. The van der Waals surface area contributed by atoms with E-state index in [9.17, 15) is 4.79 Å². The second-order valence-corrected chi connectivity index (χ2v) is 6.14. The number of carbonyl (C=O) groups excluding carboxylic acids is 1. The predicted molar refractivity (Wildman–Crippen MR) is 82.4 cm³/mol. The molecular weight excluding hydrogens is 395 g/mol. The van der Waals surface area contributed by atoms with Crippen LogP contribution in [-0.4, -0.2) is 38.0 Å². The molecule has 3 nitrogen and oxygen atoms in total. The zero-order valence-electron chi connectivity index (χ0n) is 9.96. The van der Waals surface area contributed by atoms with Gasteiger partial charge >= 0.3 is 0 Å². The molecular formula is C12H16BrIN2O. The van der Waals surface area contributed by atoms with Gasteiger partial charge in [0.1, 0.15) is 0 Å². The van der Waals surface area contributed by atoms with Crippen LogP contribution in [0.1, 0.15) is 16.8 Å². The molecule has 0 fully saturated rings. The van der Waals surface area contributed by atoms with E-state index in [1.165, 1.54) is 0 Å². The molecule has 5 heteroatoms. The SMILES string of the molecule is CN(C)CCCNC(=O)c1cc(I)ccc1Br. The van der Waals surface area contributed by atoms with Gasteiger partial charge in [0, 0.05) is 14.6 Å². The van der Waals surface area contributed by atoms with Gasteiger partial charge in [0.05, 0.1) is 5.56 Å². The van der Waals surface area contributed by atoms with Crippen LogP contribution < -0.4 is 5.32 Å². The fourth-order valence-corrected chi connectivity index (χ4v) is 2.28. The van der Waals surface area contributed by atoms with Crippen molar-refractivity contribution in [2.24, 2.45) is 0 Å². The highest BCUT2D eigenvalue weighted by atomic mass is 127. The van der Waals surface area contributed by atoms with Gasteiger partial charge in [0.25, 0.3) is 5.91 Å². The molecule has 0 bridgehead atoms. The summed E-state index contributed by atoms with van der Waals surface area (Å²) in [6.45, 7) is 1.68. The topological polar surface area (TPSA) is 32.3 Å². The van der Waals surface area contributed by atoms with Crippen LogP contribution in [0.15, 0.2) is 22.7 Å². The zero-order chi connectivity index (χ0) is 12.8. The molecule has 0 aliphatic carbocycles. The van der Waals surface area contributed by atoms with E-state index in [4.69, 9.17) is 0 Å². The third-order valence-electron chi connectivity index (χ3n) is 2.24. The maximum absolute atomic E-state index is 11.9. The van der Waals surface area contributed by atoms with E-state index in [1.807, 2.05) is 32.3 Å². The van der Waals surface area contributed by atoms with Crippen LogP contribution in [0.5, 0.6) is 0 Å². The Bertz CT molecular complexity index is 396. The molecule has 0 aliphatic heterocycles. The molecule has 1 rings (SSSR count). The number of rotatable bonds is 5. The molecule has 0 unspecified atom stereocenters. The highest BCUT2D eigenvalue weighted by molar-refractivity contribution is 14.1. The molecule has 0 spiro atoms. The van der Waals surface area contributed by atoms with Gasteiger partial charge in [0.2, 0.25) is 0 Å². The highest BCUT2D eigenvalue weighted by Gasteiger charge is 2.09. The van der Waals surface area contributed by atoms with E-state index < -0.39 is 0 Å². The van der Waals surface area contributed by atoms with Crippen molar-refractivity contribution in [1.29, 1.82) is 0 Å². The number of hydrogen-bond donors (Lipinski definition) is 1. The largest absolute Gasteiger partial charge is 0.352 e. The summed E-state index contributed by atoms with van der Waals surface area (Å²) in [5.41, 5.74) is 0.696. The molecule has 0 atom stereocenters. The van der Waals surface area contributed by atoms with Crippen LogP contribution in [0.25, 0.3) is 0 Å². The third kappa shape index (κ3) is 5.35. The van der Waals surface area contributed by atoms with Gasteiger partial charge in [-0.05, 0) is 83.8 Å². The lowest BCUT2D eigenvalue weighted by Gasteiger charge is -2.10. The molecule has 0 aromatic heterocycles. The van der Waals surface area contributed by atoms with Gasteiger partial charge in [-0.25, -0.2) is 0 Å². The molecule has 1 amide bonds. The number of hydrogen-bond acceptors (Lipinski definition) is 2. The smallest absolute Gasteiger partial charge is 0.252 e. The Hall–Kier alpha value is -0.140. The van der Waals surface area contributed by atoms with Crippen molar-refractivity contribution >= 4 is 44.4 Å². The van der Waals surface area contributed by atoms with Crippen molar-refractivity contribution in [1.82, 2.24) is 10.2 Å². The second kappa shape index (κ2) is 7.33. The Balaban J connectivity index is 2.49. The summed E-state index contributed by atoms with van der Waals surface area (Å²) >= 11 is 5.59. The van der Waals surface area contributed by atoms with Gasteiger partial charge in [-0.1, -0.05) is 0 Å². The molecule has 0 heterocycles. The zero-order valence-corrected chi connectivity index (χ0v) is 13.7. The molecule has 1 N–H and O–H groups in total. The van der Waals surface area contributed by atoms with E-state index in [-0.39, 0.29) is 5.91 Å². The standard InChI is InChI=1S/C12H16BrIN2O/c1-16(2)7-3-6-15-12(17)10-8-9(14)4-5-11(10)13/h4-5,8H,3,6-7H2,1-2H3,(H,15,17). The Kier molecular flexibility index (Phi) is 6.43. The number of benzene rings is 1. The van der Waals surface area contributed by atoms with E-state index in [2.05, 4.69) is 48.7 Å². The highest BCUT2D eigenvalue weighted by Crippen LogP contribution is 2.19. The van der Waals surface area contributed by atoms with Crippen molar-refractivity contribution in [3.05, 3.63) is 31.8 Å². The monoisotopic (exact) mass is 410 g/mol. The van der Waals surface area contributed by atoms with Gasteiger partial charge < -0.3 is 10.2 Å². The Morgan fingerprint density at radius 2 is 2.18 bits per heavy atom. The summed E-state index contributed by atoms with van der Waals surface area (Å²) in [6, 6.07) is 5.75. The lowest BCUT2D eigenvalue weighted by atomic mass is 10.2. The number of nitrogens with zero attached hydrogens (tertiary/aromatic N) is 1. The first-order valence-corrected chi connectivity index (χ1v) is 7.26. The maximum Gasteiger partial charge on any atom is 0.252 e. The number of carbonyl (C=O) groups is 1. The van der Waals surface area contributed by atoms with E-state index >= 15 is 0 Å². The first kappa shape index (κ1) is 14.9. The van der Waals surface area contributed by atoms with Gasteiger partial charge in [-0.3, -0.25) is 4.79 Å². The van der Waals surface area contributed by atoms with E-state index in [1.54, 1.807) is 0 Å². The van der Waals surface area contributed by atoms with Crippen molar-refractivity contribution in [2.45, 2.75) is 6.42 Å². The van der Waals surface area contributed by atoms with E-state index in [0.29, 0.717) is 12.1 Å². The van der Waals surface area contributed by atoms with Crippen LogP contribution in [0.3, 0.4) is 0 Å². The minimum Gasteiger partial charge on any atom is -0.352 e. The molecule has 1 aromatic rings. The second-order valence-electron chi connectivity index (χ2n) is 4.04. The molecule has 17 heavy (non-hydrogen) atoms. The first-order chi connectivity index (χ1) is 8.00. The van der Waals surface area contributed by atoms with Crippen LogP contribution >= 0.6 is 38.5 Å². The molecule has 0 saturated heterocycles. The molecule has 0 radical (unpaired) electrons. The average Bonchev–Trinajstić information content (AvgIpc) is 2.27. The predicted octanol–water partition coefficient (Wildman–Crippen LogP) is 2.74. The molecule has 0 aliphatic rings. The lowest BCUT2D eigenvalue weighted by Crippen LogP contribution is -2.27. The van der Waals surface area contributed by atoms with Gasteiger partial charge in [-0.15, -0.1) is 0 Å². The minimum atomic E-state index is -0.0193. The van der Waals surface area contributed by atoms with Crippen molar-refractivity contribution in [2.75, 3.05) is 27.2 Å². The average molecular weight is 411 g/mol. The van der Waals surface area contributed by atoms with Crippen molar-refractivity contribution in [3.63, 3.8) is 0 Å². The molecule has 94 valence electrons. The minimum absolute atomic E-state index is 0.0193. The summed E-state index contributed by atoms with van der Waals surface area (Å²) < 4.78 is 1.90. The third-order valence-corrected chi connectivity index (χ3v) is 3.60. The lowest BCUT2D eigenvalue weighted by molar-refractivity contribution is 0.0951. The molecule has 0 saturated carbocycles. The Morgan fingerprint density at radius 1 is 1.47 bits per heavy atom. The van der Waals surface area contributed by atoms with Crippen LogP contribution in [-0.2, 0) is 0 Å². The fourth-order valence-electron chi connectivity index (χ4n) is 1.36. The van der Waals surface area contributed by atoms with Crippen LogP contribution in [0, 0.1) is 3.57 Å². The van der Waals surface area contributed by atoms with E-state index in [0.717, 1.165) is 21.0 Å². The summed E-state index contributed by atoms with van der Waals surface area (Å²) in [4.78, 5) is 14.0. The van der Waals surface area contributed by atoms with Gasteiger partial charge in [-0.2, -0.15) is 0 Å². The number of amides is 1.